The maximum Gasteiger partial charge on any atom is 0.417 e. The topological polar surface area (TPSA) is 35.5 Å². The first-order valence-corrected chi connectivity index (χ1v) is 4.65. The van der Waals surface area contributed by atoms with Gasteiger partial charge in [-0.25, -0.2) is 0 Å². The number of Topliss-reactive ketones (excluding diaryl/α,β-unsaturated/α-hetero) is 1. The van der Waals surface area contributed by atoms with E-state index in [-0.39, 0.29) is 11.5 Å². The van der Waals surface area contributed by atoms with E-state index < -0.39 is 23.1 Å². The highest BCUT2D eigenvalue weighted by Gasteiger charge is 2.37. The van der Waals surface area contributed by atoms with Crippen LogP contribution in [0.5, 0.6) is 11.5 Å². The third kappa shape index (κ3) is 2.69. The molecule has 1 rings (SSSR count). The fourth-order valence-corrected chi connectivity index (χ4v) is 1.46. The predicted octanol–water partition coefficient (Wildman–Crippen LogP) is 2.93. The van der Waals surface area contributed by atoms with Gasteiger partial charge in [-0.1, -0.05) is 0 Å². The molecule has 1 aromatic rings. The smallest absolute Gasteiger partial charge is 0.417 e. The summed E-state index contributed by atoms with van der Waals surface area (Å²) in [6, 6.07) is 2.02. The maximum atomic E-state index is 12.8. The quantitative estimate of drug-likeness (QED) is 0.771. The standard InChI is InChI=1S/C11H11F3O3/c1-6(15)10-8(11(12,13)14)4-7(16-2)5-9(10)17-3/h4-5H,1-3H3. The first-order valence-electron chi connectivity index (χ1n) is 4.65. The molecular weight excluding hydrogens is 237 g/mol. The minimum Gasteiger partial charge on any atom is -0.497 e. The molecule has 0 bridgehead atoms. The van der Waals surface area contributed by atoms with E-state index in [1.165, 1.54) is 20.3 Å². The average molecular weight is 248 g/mol. The molecule has 0 aromatic heterocycles. The second-order valence-electron chi connectivity index (χ2n) is 3.31. The monoisotopic (exact) mass is 248 g/mol. The molecule has 0 aliphatic rings. The van der Waals surface area contributed by atoms with E-state index in [1.54, 1.807) is 0 Å². The molecule has 3 nitrogen and oxygen atoms in total. The molecule has 0 unspecified atom stereocenters. The molecule has 0 radical (unpaired) electrons. The third-order valence-corrected chi connectivity index (χ3v) is 2.19. The Labute approximate surface area is 96.1 Å². The van der Waals surface area contributed by atoms with Crippen molar-refractivity contribution in [3.63, 3.8) is 0 Å². The first kappa shape index (κ1) is 13.3. The number of ether oxygens (including phenoxy) is 2. The zero-order chi connectivity index (χ0) is 13.2. The molecule has 0 N–H and O–H groups in total. The van der Waals surface area contributed by atoms with Crippen LogP contribution in [0.2, 0.25) is 0 Å². The van der Waals surface area contributed by atoms with Crippen molar-refractivity contribution < 1.29 is 27.4 Å². The molecular formula is C11H11F3O3. The Bertz CT molecular complexity index is 438. The minimum atomic E-state index is -4.64. The highest BCUT2D eigenvalue weighted by molar-refractivity contribution is 5.98. The van der Waals surface area contributed by atoms with Crippen LogP contribution in [0.15, 0.2) is 12.1 Å². The number of benzene rings is 1. The molecule has 17 heavy (non-hydrogen) atoms. The Hall–Kier alpha value is -1.72. The van der Waals surface area contributed by atoms with Gasteiger partial charge in [0, 0.05) is 6.07 Å². The number of halogens is 3. The van der Waals surface area contributed by atoms with Gasteiger partial charge in [-0.05, 0) is 13.0 Å². The summed E-state index contributed by atoms with van der Waals surface area (Å²) in [7, 11) is 2.43. The second-order valence-corrected chi connectivity index (χ2v) is 3.31. The average Bonchev–Trinajstić information content (AvgIpc) is 2.25. The van der Waals surface area contributed by atoms with E-state index in [2.05, 4.69) is 0 Å². The lowest BCUT2D eigenvalue weighted by Gasteiger charge is -2.15. The fraction of sp³-hybridized carbons (Fsp3) is 0.364. The summed E-state index contributed by atoms with van der Waals surface area (Å²) < 4.78 is 47.9. The molecule has 0 atom stereocenters. The van der Waals surface area contributed by atoms with Crippen LogP contribution < -0.4 is 9.47 Å². The summed E-state index contributed by atoms with van der Waals surface area (Å²) in [5, 5.41) is 0. The van der Waals surface area contributed by atoms with E-state index in [0.29, 0.717) is 0 Å². The van der Waals surface area contributed by atoms with Crippen LogP contribution in [0.1, 0.15) is 22.8 Å². The molecule has 0 fully saturated rings. The molecule has 0 heterocycles. The number of hydrogen-bond donors (Lipinski definition) is 0. The summed E-state index contributed by atoms with van der Waals surface area (Å²) in [6.07, 6.45) is -4.64. The maximum absolute atomic E-state index is 12.8. The SMILES string of the molecule is COc1cc(OC)c(C(C)=O)c(C(F)(F)F)c1. The largest absolute Gasteiger partial charge is 0.497 e. The lowest BCUT2D eigenvalue weighted by atomic mass is 10.0. The Balaban J connectivity index is 3.58. The second kappa shape index (κ2) is 4.65. The number of hydrogen-bond acceptors (Lipinski definition) is 3. The van der Waals surface area contributed by atoms with Crippen molar-refractivity contribution in [3.8, 4) is 11.5 Å². The predicted molar refractivity (Wildman–Crippen MR) is 54.6 cm³/mol. The Morgan fingerprint density at radius 1 is 1.18 bits per heavy atom. The van der Waals surface area contributed by atoms with Crippen LogP contribution in [-0.4, -0.2) is 20.0 Å². The summed E-state index contributed by atoms with van der Waals surface area (Å²) in [5.41, 5.74) is -1.54. The fourth-order valence-electron chi connectivity index (χ4n) is 1.46. The number of alkyl halides is 3. The van der Waals surface area contributed by atoms with Crippen LogP contribution in [0.25, 0.3) is 0 Å². The van der Waals surface area contributed by atoms with Gasteiger partial charge in [-0.2, -0.15) is 13.2 Å². The van der Waals surface area contributed by atoms with E-state index in [1.807, 2.05) is 0 Å². The first-order chi connectivity index (χ1) is 7.81. The summed E-state index contributed by atoms with van der Waals surface area (Å²) >= 11 is 0. The van der Waals surface area contributed by atoms with Gasteiger partial charge < -0.3 is 9.47 Å². The Morgan fingerprint density at radius 2 is 1.76 bits per heavy atom. The van der Waals surface area contributed by atoms with E-state index >= 15 is 0 Å². The molecule has 0 amide bonds. The van der Waals surface area contributed by atoms with Gasteiger partial charge in [0.1, 0.15) is 11.5 Å². The van der Waals surface area contributed by atoms with E-state index in [4.69, 9.17) is 9.47 Å². The number of carbonyl (C=O) groups is 1. The summed E-state index contributed by atoms with van der Waals surface area (Å²) in [4.78, 5) is 11.3. The normalized spacial score (nSPS) is 11.2. The van der Waals surface area contributed by atoms with Gasteiger partial charge in [-0.3, -0.25) is 4.79 Å². The molecule has 1 aromatic carbocycles. The lowest BCUT2D eigenvalue weighted by Crippen LogP contribution is -2.13. The Kier molecular flexibility index (Phi) is 3.65. The van der Waals surface area contributed by atoms with E-state index in [9.17, 15) is 18.0 Å². The van der Waals surface area contributed by atoms with E-state index in [0.717, 1.165) is 13.0 Å². The van der Waals surface area contributed by atoms with Crippen LogP contribution in [0.4, 0.5) is 13.2 Å². The lowest BCUT2D eigenvalue weighted by molar-refractivity contribution is -0.138. The van der Waals surface area contributed by atoms with Crippen LogP contribution >= 0.6 is 0 Å². The third-order valence-electron chi connectivity index (χ3n) is 2.19. The van der Waals surface area contributed by atoms with Gasteiger partial charge in [0.05, 0.1) is 25.3 Å². The van der Waals surface area contributed by atoms with Crippen molar-refractivity contribution in [2.24, 2.45) is 0 Å². The molecule has 94 valence electrons. The molecule has 0 spiro atoms. The Morgan fingerprint density at radius 3 is 2.12 bits per heavy atom. The number of carbonyl (C=O) groups excluding carboxylic acids is 1. The van der Waals surface area contributed by atoms with Crippen molar-refractivity contribution in [1.82, 2.24) is 0 Å². The molecule has 0 aliphatic carbocycles. The van der Waals surface area contributed by atoms with Crippen LogP contribution in [0, 0.1) is 0 Å². The van der Waals surface area contributed by atoms with Gasteiger partial charge in [0.2, 0.25) is 0 Å². The zero-order valence-electron chi connectivity index (χ0n) is 9.51. The van der Waals surface area contributed by atoms with Crippen molar-refractivity contribution in [3.05, 3.63) is 23.3 Å². The van der Waals surface area contributed by atoms with Crippen molar-refractivity contribution in [2.45, 2.75) is 13.1 Å². The highest BCUT2D eigenvalue weighted by Crippen LogP contribution is 2.39. The van der Waals surface area contributed by atoms with Crippen LogP contribution in [0.3, 0.4) is 0 Å². The highest BCUT2D eigenvalue weighted by atomic mass is 19.4. The van der Waals surface area contributed by atoms with Gasteiger partial charge in [0.25, 0.3) is 0 Å². The molecule has 0 aliphatic heterocycles. The number of ketones is 1. The molecule has 0 saturated carbocycles. The van der Waals surface area contributed by atoms with Gasteiger partial charge >= 0.3 is 6.18 Å². The number of rotatable bonds is 3. The minimum absolute atomic E-state index is 0.0147. The van der Waals surface area contributed by atoms with Gasteiger partial charge in [-0.15, -0.1) is 0 Å². The summed E-state index contributed by atoms with van der Waals surface area (Å²) in [6.45, 7) is 1.06. The number of methoxy groups -OCH3 is 2. The van der Waals surface area contributed by atoms with Gasteiger partial charge in [0.15, 0.2) is 5.78 Å². The zero-order valence-corrected chi connectivity index (χ0v) is 9.51. The molecule has 0 saturated heterocycles. The summed E-state index contributed by atoms with van der Waals surface area (Å²) in [5.74, 6) is -0.875. The van der Waals surface area contributed by atoms with Crippen molar-refractivity contribution >= 4 is 5.78 Å². The van der Waals surface area contributed by atoms with Crippen molar-refractivity contribution in [1.29, 1.82) is 0 Å². The van der Waals surface area contributed by atoms with Crippen LogP contribution in [-0.2, 0) is 6.18 Å². The van der Waals surface area contributed by atoms with Crippen molar-refractivity contribution in [2.75, 3.05) is 14.2 Å². The molecule has 6 heteroatoms.